The van der Waals surface area contributed by atoms with Crippen LogP contribution < -0.4 is 5.32 Å². The van der Waals surface area contributed by atoms with Crippen LogP contribution in [0.15, 0.2) is 36.5 Å². The molecular weight excluding hydrogens is 170 g/mol. The summed E-state index contributed by atoms with van der Waals surface area (Å²) in [5, 5.41) is 3.32. The molecule has 0 saturated heterocycles. The van der Waals surface area contributed by atoms with Crippen molar-refractivity contribution in [3.63, 3.8) is 0 Å². The van der Waals surface area contributed by atoms with Crippen LogP contribution in [0.5, 0.6) is 0 Å². The summed E-state index contributed by atoms with van der Waals surface area (Å²) in [7, 11) is 0. The Hall–Kier alpha value is -1.50. The lowest BCUT2D eigenvalue weighted by Gasteiger charge is -2.24. The number of hydrogen-bond donors (Lipinski definition) is 1. The van der Waals surface area contributed by atoms with Gasteiger partial charge in [0.25, 0.3) is 0 Å². The van der Waals surface area contributed by atoms with E-state index in [2.05, 4.69) is 50.0 Å². The van der Waals surface area contributed by atoms with E-state index in [0.29, 0.717) is 0 Å². The third kappa shape index (κ3) is 1.25. The van der Waals surface area contributed by atoms with Crippen LogP contribution in [0.25, 0.3) is 11.3 Å². The molecule has 1 heterocycles. The van der Waals surface area contributed by atoms with Gasteiger partial charge in [-0.25, -0.2) is 0 Å². The van der Waals surface area contributed by atoms with Crippen molar-refractivity contribution in [3.8, 4) is 0 Å². The Labute approximate surface area is 85.2 Å². The zero-order chi connectivity index (χ0) is 10.1. The fourth-order valence-electron chi connectivity index (χ4n) is 2.04. The second kappa shape index (κ2) is 3.33. The molecule has 0 aromatic heterocycles. The van der Waals surface area contributed by atoms with Crippen molar-refractivity contribution in [2.75, 3.05) is 0 Å². The van der Waals surface area contributed by atoms with Gasteiger partial charge < -0.3 is 5.32 Å². The maximum absolute atomic E-state index is 4.03. The van der Waals surface area contributed by atoms with Gasteiger partial charge in [0.1, 0.15) is 0 Å². The third-order valence-electron chi connectivity index (χ3n) is 2.72. The highest BCUT2D eigenvalue weighted by Gasteiger charge is 2.16. The van der Waals surface area contributed by atoms with Crippen molar-refractivity contribution in [2.24, 2.45) is 0 Å². The van der Waals surface area contributed by atoms with Gasteiger partial charge in [-0.15, -0.1) is 0 Å². The van der Waals surface area contributed by atoms with E-state index in [-0.39, 0.29) is 0 Å². The molecule has 72 valence electrons. The third-order valence-corrected chi connectivity index (χ3v) is 2.72. The standard InChI is InChI=1S/C13H15N/c1-4-11-9(2)14-10(3)12-7-5-6-8-13(11)12/h5-8,14H,3-4H2,1-2H3. The van der Waals surface area contributed by atoms with Crippen molar-refractivity contribution >= 4 is 11.3 Å². The van der Waals surface area contributed by atoms with E-state index in [1.54, 1.807) is 0 Å². The number of rotatable bonds is 1. The first-order valence-corrected chi connectivity index (χ1v) is 4.99. The van der Waals surface area contributed by atoms with Crippen molar-refractivity contribution in [1.29, 1.82) is 0 Å². The quantitative estimate of drug-likeness (QED) is 0.707. The van der Waals surface area contributed by atoms with Crippen LogP contribution in [0.1, 0.15) is 31.4 Å². The normalized spacial score (nSPS) is 15.1. The molecule has 2 rings (SSSR count). The summed E-state index contributed by atoms with van der Waals surface area (Å²) >= 11 is 0. The van der Waals surface area contributed by atoms with Crippen LogP contribution in [0.3, 0.4) is 0 Å². The lowest BCUT2D eigenvalue weighted by atomic mass is 9.92. The van der Waals surface area contributed by atoms with E-state index in [4.69, 9.17) is 0 Å². The summed E-state index contributed by atoms with van der Waals surface area (Å²) < 4.78 is 0. The molecule has 0 unspecified atom stereocenters. The summed E-state index contributed by atoms with van der Waals surface area (Å²) in [6, 6.07) is 8.43. The second-order valence-electron chi connectivity index (χ2n) is 3.61. The molecule has 0 fully saturated rings. The van der Waals surface area contributed by atoms with Crippen molar-refractivity contribution in [1.82, 2.24) is 5.32 Å². The highest BCUT2D eigenvalue weighted by Crippen LogP contribution is 2.32. The fourth-order valence-corrected chi connectivity index (χ4v) is 2.04. The predicted octanol–water partition coefficient (Wildman–Crippen LogP) is 3.40. The summed E-state index contributed by atoms with van der Waals surface area (Å²) in [5.74, 6) is 0. The van der Waals surface area contributed by atoms with Gasteiger partial charge in [0, 0.05) is 17.0 Å². The van der Waals surface area contributed by atoms with Crippen LogP contribution >= 0.6 is 0 Å². The Balaban J connectivity index is 2.65. The van der Waals surface area contributed by atoms with Gasteiger partial charge in [0.15, 0.2) is 0 Å². The smallest absolute Gasteiger partial charge is 0.0388 e. The Morgan fingerprint density at radius 3 is 2.50 bits per heavy atom. The molecule has 0 spiro atoms. The molecule has 1 nitrogen and oxygen atoms in total. The van der Waals surface area contributed by atoms with E-state index in [9.17, 15) is 0 Å². The minimum Gasteiger partial charge on any atom is -0.359 e. The number of hydrogen-bond acceptors (Lipinski definition) is 1. The molecule has 1 aliphatic heterocycles. The van der Waals surface area contributed by atoms with Gasteiger partial charge in [0.2, 0.25) is 0 Å². The van der Waals surface area contributed by atoms with Crippen LogP contribution in [0.4, 0.5) is 0 Å². The summed E-state index contributed by atoms with van der Waals surface area (Å²) in [6.07, 6.45) is 1.06. The van der Waals surface area contributed by atoms with E-state index in [0.717, 1.165) is 12.1 Å². The molecule has 0 saturated carbocycles. The highest BCUT2D eigenvalue weighted by molar-refractivity contribution is 5.84. The molecular formula is C13H15N. The molecule has 1 N–H and O–H groups in total. The second-order valence-corrected chi connectivity index (χ2v) is 3.61. The van der Waals surface area contributed by atoms with Crippen LogP contribution in [-0.2, 0) is 0 Å². The molecule has 0 radical (unpaired) electrons. The monoisotopic (exact) mass is 185 g/mol. The zero-order valence-corrected chi connectivity index (χ0v) is 8.72. The number of fused-ring (bicyclic) bond motifs is 1. The van der Waals surface area contributed by atoms with E-state index < -0.39 is 0 Å². The van der Waals surface area contributed by atoms with Crippen molar-refractivity contribution in [2.45, 2.75) is 20.3 Å². The first-order chi connectivity index (χ1) is 6.74. The zero-order valence-electron chi connectivity index (χ0n) is 8.72. The Morgan fingerprint density at radius 1 is 1.21 bits per heavy atom. The molecule has 1 aliphatic rings. The molecule has 0 aliphatic carbocycles. The SMILES string of the molecule is C=C1NC(C)=C(CC)c2ccccc21. The Morgan fingerprint density at radius 2 is 1.86 bits per heavy atom. The minimum atomic E-state index is 1.01. The summed E-state index contributed by atoms with van der Waals surface area (Å²) in [4.78, 5) is 0. The van der Waals surface area contributed by atoms with Crippen LogP contribution in [0, 0.1) is 0 Å². The Kier molecular flexibility index (Phi) is 2.16. The lowest BCUT2D eigenvalue weighted by molar-refractivity contribution is 1.03. The maximum Gasteiger partial charge on any atom is 0.0388 e. The number of nitrogens with one attached hydrogen (secondary N) is 1. The molecule has 1 heteroatoms. The number of benzene rings is 1. The Bertz CT molecular complexity index is 413. The van der Waals surface area contributed by atoms with Crippen LogP contribution in [-0.4, -0.2) is 0 Å². The largest absolute Gasteiger partial charge is 0.359 e. The molecule has 1 aromatic carbocycles. The van der Waals surface area contributed by atoms with Gasteiger partial charge in [-0.3, -0.25) is 0 Å². The van der Waals surface area contributed by atoms with Gasteiger partial charge in [-0.05, 0) is 24.5 Å². The first-order valence-electron chi connectivity index (χ1n) is 4.99. The van der Waals surface area contributed by atoms with Crippen molar-refractivity contribution in [3.05, 3.63) is 47.7 Å². The van der Waals surface area contributed by atoms with Gasteiger partial charge in [-0.1, -0.05) is 37.8 Å². The van der Waals surface area contributed by atoms with E-state index >= 15 is 0 Å². The van der Waals surface area contributed by atoms with Gasteiger partial charge >= 0.3 is 0 Å². The van der Waals surface area contributed by atoms with Crippen molar-refractivity contribution < 1.29 is 0 Å². The number of allylic oxidation sites excluding steroid dienone is 2. The van der Waals surface area contributed by atoms with Crippen LogP contribution in [0.2, 0.25) is 0 Å². The van der Waals surface area contributed by atoms with E-state index in [1.165, 1.54) is 22.4 Å². The highest BCUT2D eigenvalue weighted by atomic mass is 14.9. The lowest BCUT2D eigenvalue weighted by Crippen LogP contribution is -2.17. The fraction of sp³-hybridized carbons (Fsp3) is 0.231. The minimum absolute atomic E-state index is 1.01. The van der Waals surface area contributed by atoms with E-state index in [1.807, 2.05) is 0 Å². The average Bonchev–Trinajstić information content (AvgIpc) is 2.18. The molecule has 0 amide bonds. The first kappa shape index (κ1) is 9.07. The topological polar surface area (TPSA) is 12.0 Å². The molecule has 0 bridgehead atoms. The average molecular weight is 185 g/mol. The van der Waals surface area contributed by atoms with Gasteiger partial charge in [0.05, 0.1) is 0 Å². The maximum atomic E-state index is 4.03. The molecule has 0 atom stereocenters. The molecule has 14 heavy (non-hydrogen) atoms. The molecule has 1 aromatic rings. The summed E-state index contributed by atoms with van der Waals surface area (Å²) in [6.45, 7) is 8.33. The predicted molar refractivity (Wildman–Crippen MR) is 61.5 cm³/mol. The van der Waals surface area contributed by atoms with Gasteiger partial charge in [-0.2, -0.15) is 0 Å². The summed E-state index contributed by atoms with van der Waals surface area (Å²) in [5.41, 5.74) is 6.20.